The molecule has 2 aliphatic rings. The van der Waals surface area contributed by atoms with Crippen molar-refractivity contribution in [2.45, 2.75) is 25.6 Å². The highest BCUT2D eigenvalue weighted by Gasteiger charge is 2.35. The molecule has 3 heterocycles. The number of rotatable bonds is 3. The Morgan fingerprint density at radius 3 is 2.94 bits per heavy atom. The van der Waals surface area contributed by atoms with Crippen LogP contribution >= 0.6 is 11.6 Å². The lowest BCUT2D eigenvalue weighted by atomic mass is 10.1. The van der Waals surface area contributed by atoms with Crippen LogP contribution in [0.3, 0.4) is 0 Å². The first-order valence-electron chi connectivity index (χ1n) is 9.63. The van der Waals surface area contributed by atoms with Crippen molar-refractivity contribution in [2.24, 2.45) is 0 Å². The lowest BCUT2D eigenvalue weighted by Gasteiger charge is -2.27. The number of anilines is 1. The molecule has 0 radical (unpaired) electrons. The fourth-order valence-electron chi connectivity index (χ4n) is 3.64. The molecule has 1 unspecified atom stereocenters. The van der Waals surface area contributed by atoms with Crippen molar-refractivity contribution < 1.29 is 33.5 Å². The van der Waals surface area contributed by atoms with Gasteiger partial charge in [0.25, 0.3) is 5.91 Å². The fourth-order valence-corrected chi connectivity index (χ4v) is 3.82. The van der Waals surface area contributed by atoms with Gasteiger partial charge in [-0.3, -0.25) is 14.3 Å². The maximum Gasteiger partial charge on any atom is 0.505 e. The predicted molar refractivity (Wildman–Crippen MR) is 108 cm³/mol. The maximum absolute atomic E-state index is 13.4. The van der Waals surface area contributed by atoms with Gasteiger partial charge in [0.2, 0.25) is 0 Å². The zero-order valence-electron chi connectivity index (χ0n) is 16.9. The van der Waals surface area contributed by atoms with Crippen molar-refractivity contribution in [1.82, 2.24) is 19.7 Å². The van der Waals surface area contributed by atoms with Crippen LogP contribution in [0, 0.1) is 5.82 Å². The molecular weight excluding hydrogens is 449 g/mol. The van der Waals surface area contributed by atoms with Crippen LogP contribution in [0.1, 0.15) is 21.7 Å². The van der Waals surface area contributed by atoms with E-state index in [2.05, 4.69) is 15.2 Å². The van der Waals surface area contributed by atoms with E-state index in [1.54, 1.807) is 0 Å². The van der Waals surface area contributed by atoms with Gasteiger partial charge in [-0.2, -0.15) is 5.10 Å². The lowest BCUT2D eigenvalue weighted by Crippen LogP contribution is -2.39. The highest BCUT2D eigenvalue weighted by molar-refractivity contribution is 6.31. The van der Waals surface area contributed by atoms with Gasteiger partial charge >= 0.3 is 12.2 Å². The van der Waals surface area contributed by atoms with Crippen LogP contribution in [0.5, 0.6) is 0 Å². The van der Waals surface area contributed by atoms with Crippen molar-refractivity contribution in [2.75, 3.05) is 25.5 Å². The minimum atomic E-state index is -1.45. The van der Waals surface area contributed by atoms with Crippen molar-refractivity contribution in [1.29, 1.82) is 0 Å². The first-order chi connectivity index (χ1) is 15.2. The van der Waals surface area contributed by atoms with E-state index < -0.39 is 30.0 Å². The van der Waals surface area contributed by atoms with E-state index in [1.165, 1.54) is 28.8 Å². The second kappa shape index (κ2) is 8.63. The van der Waals surface area contributed by atoms with Gasteiger partial charge in [0.15, 0.2) is 0 Å². The normalized spacial score (nSPS) is 18.0. The Morgan fingerprint density at radius 1 is 1.44 bits per heavy atom. The van der Waals surface area contributed by atoms with Crippen LogP contribution in [0.2, 0.25) is 5.02 Å². The molecule has 3 amide bonds. The van der Waals surface area contributed by atoms with E-state index >= 15 is 0 Å². The number of carboxylic acid groups (broad SMARTS) is 1. The number of benzene rings is 1. The van der Waals surface area contributed by atoms with E-state index in [9.17, 15) is 18.8 Å². The average Bonchev–Trinajstić information content (AvgIpc) is 3.05. The number of hydrogen-bond acceptors (Lipinski definition) is 6. The second-order valence-corrected chi connectivity index (χ2v) is 7.70. The Labute approximate surface area is 186 Å². The van der Waals surface area contributed by atoms with Gasteiger partial charge in [-0.05, 0) is 18.2 Å². The largest absolute Gasteiger partial charge is 0.505 e. The highest BCUT2D eigenvalue weighted by atomic mass is 35.5. The third-order valence-corrected chi connectivity index (χ3v) is 5.41. The van der Waals surface area contributed by atoms with Crippen LogP contribution in [0.4, 0.5) is 19.7 Å². The molecule has 4 rings (SSSR count). The summed E-state index contributed by atoms with van der Waals surface area (Å²) in [7, 11) is 1.41. The zero-order valence-corrected chi connectivity index (χ0v) is 17.6. The summed E-state index contributed by atoms with van der Waals surface area (Å²) in [6.45, 7) is 0.315. The van der Waals surface area contributed by atoms with Gasteiger partial charge in [-0.25, -0.2) is 19.0 Å². The summed E-state index contributed by atoms with van der Waals surface area (Å²) >= 11 is 5.77. The Kier molecular flexibility index (Phi) is 5.89. The van der Waals surface area contributed by atoms with E-state index in [0.717, 1.165) is 11.1 Å². The van der Waals surface area contributed by atoms with Gasteiger partial charge in [-0.15, -0.1) is 0 Å². The van der Waals surface area contributed by atoms with Crippen LogP contribution in [-0.4, -0.2) is 69.2 Å². The minimum absolute atomic E-state index is 0.103. The van der Waals surface area contributed by atoms with Crippen molar-refractivity contribution >= 4 is 35.4 Å². The van der Waals surface area contributed by atoms with Crippen LogP contribution in [-0.2, 0) is 29.1 Å². The molecule has 0 bridgehead atoms. The Morgan fingerprint density at radius 2 is 2.22 bits per heavy atom. The van der Waals surface area contributed by atoms with E-state index in [1.807, 2.05) is 0 Å². The maximum atomic E-state index is 13.4. The third-order valence-electron chi connectivity index (χ3n) is 5.12. The molecule has 1 atom stereocenters. The SMILES string of the molecule is CN1OC(COC(=O)O)Cn2nc3c(c2C1=O)CN(C(=O)Nc1ccc(F)c(Cl)c1)CC3. The molecule has 0 aliphatic carbocycles. The summed E-state index contributed by atoms with van der Waals surface area (Å²) in [6, 6.07) is 3.43. The molecule has 0 saturated carbocycles. The Hall–Kier alpha value is -3.38. The van der Waals surface area contributed by atoms with Crippen LogP contribution in [0.25, 0.3) is 0 Å². The quantitative estimate of drug-likeness (QED) is 0.663. The number of hydroxylamine groups is 2. The number of nitrogens with one attached hydrogen (secondary N) is 1. The molecule has 2 aliphatic heterocycles. The van der Waals surface area contributed by atoms with Gasteiger partial charge in [0.1, 0.15) is 24.2 Å². The fraction of sp³-hybridized carbons (Fsp3) is 0.368. The summed E-state index contributed by atoms with van der Waals surface area (Å²) in [5.41, 5.74) is 1.87. The first kappa shape index (κ1) is 21.8. The molecule has 2 N–H and O–H groups in total. The molecular formula is C19H19ClFN5O6. The topological polar surface area (TPSA) is 126 Å². The Balaban J connectivity index is 1.53. The standard InChI is InChI=1S/C19H19ClFN5O6/c1-24-17(27)16-12-8-25(18(28)22-10-2-3-14(21)13(20)6-10)5-4-15(12)23-26(16)7-11(32-24)9-31-19(29)30/h2-3,6,11H,4-5,7-9H2,1H3,(H,22,28)(H,29,30). The van der Waals surface area contributed by atoms with Gasteiger partial charge in [0.05, 0.1) is 23.8 Å². The molecule has 0 saturated heterocycles. The molecule has 1 aromatic carbocycles. The number of carbonyl (C=O) groups excluding carboxylic acids is 2. The van der Waals surface area contributed by atoms with Crippen molar-refractivity contribution in [3.05, 3.63) is 46.0 Å². The lowest BCUT2D eigenvalue weighted by molar-refractivity contribution is -0.161. The number of carbonyl (C=O) groups is 3. The number of urea groups is 1. The number of hydrogen-bond donors (Lipinski definition) is 2. The number of aromatic nitrogens is 2. The van der Waals surface area contributed by atoms with Gasteiger partial charge in [-0.1, -0.05) is 11.6 Å². The molecule has 13 heteroatoms. The minimum Gasteiger partial charge on any atom is -0.450 e. The predicted octanol–water partition coefficient (Wildman–Crippen LogP) is 2.35. The number of halogens is 2. The molecule has 0 fully saturated rings. The van der Waals surface area contributed by atoms with Gasteiger partial charge < -0.3 is 20.1 Å². The average molecular weight is 468 g/mol. The van der Waals surface area contributed by atoms with E-state index in [0.29, 0.717) is 29.9 Å². The van der Waals surface area contributed by atoms with Gasteiger partial charge in [0, 0.05) is 31.3 Å². The first-order valence-corrected chi connectivity index (χ1v) is 10.0. The van der Waals surface area contributed by atoms with Crippen LogP contribution in [0.15, 0.2) is 18.2 Å². The number of amides is 3. The summed E-state index contributed by atoms with van der Waals surface area (Å²) in [6.07, 6.45) is -1.78. The zero-order chi connectivity index (χ0) is 23.0. The van der Waals surface area contributed by atoms with E-state index in [-0.39, 0.29) is 30.4 Å². The summed E-state index contributed by atoms with van der Waals surface area (Å²) in [5.74, 6) is -1.06. The smallest absolute Gasteiger partial charge is 0.450 e. The molecule has 11 nitrogen and oxygen atoms in total. The molecule has 0 spiro atoms. The monoisotopic (exact) mass is 467 g/mol. The highest BCUT2D eigenvalue weighted by Crippen LogP contribution is 2.27. The van der Waals surface area contributed by atoms with Crippen LogP contribution < -0.4 is 5.32 Å². The van der Waals surface area contributed by atoms with Crippen molar-refractivity contribution in [3.8, 4) is 0 Å². The molecule has 170 valence electrons. The Bertz CT molecular complexity index is 1090. The third kappa shape index (κ3) is 4.32. The molecule has 1 aromatic heterocycles. The number of ether oxygens (including phenoxy) is 1. The molecule has 2 aromatic rings. The van der Waals surface area contributed by atoms with E-state index in [4.69, 9.17) is 21.5 Å². The molecule has 32 heavy (non-hydrogen) atoms. The van der Waals surface area contributed by atoms with Crippen molar-refractivity contribution in [3.63, 3.8) is 0 Å². The summed E-state index contributed by atoms with van der Waals surface area (Å²) < 4.78 is 19.4. The number of nitrogens with zero attached hydrogens (tertiary/aromatic N) is 4. The number of fused-ring (bicyclic) bond motifs is 3. The summed E-state index contributed by atoms with van der Waals surface area (Å²) in [4.78, 5) is 43.3. The second-order valence-electron chi connectivity index (χ2n) is 7.29. The summed E-state index contributed by atoms with van der Waals surface area (Å²) in [5, 5.41) is 16.8.